The van der Waals surface area contributed by atoms with Gasteiger partial charge in [-0.05, 0) is 10.4 Å². The number of tetrazole rings is 1. The van der Waals surface area contributed by atoms with Crippen LogP contribution in [0.4, 0.5) is 11.6 Å². The van der Waals surface area contributed by atoms with Gasteiger partial charge in [0.25, 0.3) is 11.6 Å². The molecule has 1 aromatic heterocycles. The molecule has 0 saturated carbocycles. The summed E-state index contributed by atoms with van der Waals surface area (Å²) in [6.45, 7) is 0. The van der Waals surface area contributed by atoms with Crippen LogP contribution in [0.15, 0.2) is 17.2 Å². The number of phenols is 1. The number of rotatable bonds is 4. The number of nitro groups is 1. The molecular formula is C9H9N7O4. The molecule has 2 rings (SSSR count). The fourth-order valence-electron chi connectivity index (χ4n) is 1.36. The van der Waals surface area contributed by atoms with Crippen molar-refractivity contribution in [2.45, 2.75) is 0 Å². The number of non-ortho nitro benzene ring substituents is 1. The summed E-state index contributed by atoms with van der Waals surface area (Å²) in [6, 6.07) is 2.22. The van der Waals surface area contributed by atoms with E-state index < -0.39 is 4.92 Å². The first-order valence-electron chi connectivity index (χ1n) is 5.16. The summed E-state index contributed by atoms with van der Waals surface area (Å²) in [7, 11) is 1.28. The van der Waals surface area contributed by atoms with Crippen molar-refractivity contribution in [3.63, 3.8) is 0 Å². The molecule has 0 radical (unpaired) electrons. The minimum atomic E-state index is -0.620. The molecule has 0 atom stereocenters. The minimum absolute atomic E-state index is 0.0506. The number of anilines is 1. The molecule has 104 valence electrons. The van der Waals surface area contributed by atoms with Gasteiger partial charge in [-0.3, -0.25) is 10.1 Å². The van der Waals surface area contributed by atoms with Crippen molar-refractivity contribution in [3.05, 3.63) is 27.8 Å². The van der Waals surface area contributed by atoms with Crippen LogP contribution in [-0.4, -0.2) is 43.7 Å². The van der Waals surface area contributed by atoms with Crippen LogP contribution >= 0.6 is 0 Å². The number of nitro benzene ring substituents is 1. The molecule has 11 nitrogen and oxygen atoms in total. The molecule has 1 aromatic carbocycles. The largest absolute Gasteiger partial charge is 0.504 e. The third-order valence-electron chi connectivity index (χ3n) is 2.30. The first kappa shape index (κ1) is 13.2. The summed E-state index contributed by atoms with van der Waals surface area (Å²) in [4.78, 5) is 11.1. The molecule has 0 fully saturated rings. The Bertz CT molecular complexity index is 681. The SMILES string of the molecule is COc1cc([N+](=O)[O-])cc(C=Nn2nnnc2N)c1O. The Balaban J connectivity index is 2.45. The van der Waals surface area contributed by atoms with E-state index in [1.807, 2.05) is 0 Å². The zero-order valence-corrected chi connectivity index (χ0v) is 10.2. The van der Waals surface area contributed by atoms with Crippen LogP contribution in [0, 0.1) is 10.1 Å². The van der Waals surface area contributed by atoms with E-state index in [0.29, 0.717) is 0 Å². The Morgan fingerprint density at radius 3 is 2.90 bits per heavy atom. The number of nitrogens with zero attached hydrogens (tertiary/aromatic N) is 6. The maximum Gasteiger partial charge on any atom is 0.274 e. The van der Waals surface area contributed by atoms with Gasteiger partial charge >= 0.3 is 0 Å². The van der Waals surface area contributed by atoms with Gasteiger partial charge in [-0.2, -0.15) is 5.10 Å². The monoisotopic (exact) mass is 279 g/mol. The van der Waals surface area contributed by atoms with Crippen molar-refractivity contribution in [2.24, 2.45) is 5.10 Å². The second kappa shape index (κ2) is 5.17. The van der Waals surface area contributed by atoms with Crippen LogP contribution in [-0.2, 0) is 0 Å². The second-order valence-electron chi connectivity index (χ2n) is 3.51. The van der Waals surface area contributed by atoms with Crippen LogP contribution in [0.2, 0.25) is 0 Å². The Kier molecular flexibility index (Phi) is 3.41. The van der Waals surface area contributed by atoms with Gasteiger partial charge in [0.1, 0.15) is 0 Å². The zero-order chi connectivity index (χ0) is 14.7. The van der Waals surface area contributed by atoms with E-state index in [1.165, 1.54) is 7.11 Å². The smallest absolute Gasteiger partial charge is 0.274 e. The molecule has 0 bridgehead atoms. The summed E-state index contributed by atoms with van der Waals surface area (Å²) >= 11 is 0. The van der Waals surface area contributed by atoms with Gasteiger partial charge in [0.15, 0.2) is 11.5 Å². The Labute approximate surface area is 111 Å². The Morgan fingerprint density at radius 2 is 2.35 bits per heavy atom. The van der Waals surface area contributed by atoms with Crippen LogP contribution in [0.1, 0.15) is 5.56 Å². The van der Waals surface area contributed by atoms with Crippen molar-refractivity contribution in [1.29, 1.82) is 0 Å². The third kappa shape index (κ3) is 2.45. The molecule has 0 saturated heterocycles. The standard InChI is InChI=1S/C9H9N7O4/c1-20-7-3-6(16(18)19)2-5(8(7)17)4-11-15-9(10)12-13-14-15/h2-4,17H,1H3,(H2,10,12,14). The summed E-state index contributed by atoms with van der Waals surface area (Å²) in [5, 5.41) is 34.5. The van der Waals surface area contributed by atoms with Gasteiger partial charge in [0.05, 0.1) is 24.3 Å². The molecule has 3 N–H and O–H groups in total. The van der Waals surface area contributed by atoms with Gasteiger partial charge in [-0.25, -0.2) is 0 Å². The number of aromatic nitrogens is 4. The van der Waals surface area contributed by atoms with Gasteiger partial charge in [0.2, 0.25) is 0 Å². The average molecular weight is 279 g/mol. The van der Waals surface area contributed by atoms with E-state index in [4.69, 9.17) is 10.5 Å². The van der Waals surface area contributed by atoms with Crippen LogP contribution in [0.3, 0.4) is 0 Å². The fourth-order valence-corrected chi connectivity index (χ4v) is 1.36. The second-order valence-corrected chi connectivity index (χ2v) is 3.51. The number of ether oxygens (including phenoxy) is 1. The summed E-state index contributed by atoms with van der Waals surface area (Å²) in [5.74, 6) is -0.419. The third-order valence-corrected chi connectivity index (χ3v) is 2.30. The number of hydrogen-bond acceptors (Lipinski definition) is 9. The molecule has 0 aliphatic rings. The van der Waals surface area contributed by atoms with Gasteiger partial charge in [-0.1, -0.05) is 9.89 Å². The van der Waals surface area contributed by atoms with Gasteiger partial charge in [0, 0.05) is 11.6 Å². The number of hydrogen-bond donors (Lipinski definition) is 2. The highest BCUT2D eigenvalue weighted by Crippen LogP contribution is 2.33. The normalized spacial score (nSPS) is 10.8. The molecular weight excluding hydrogens is 270 g/mol. The number of benzene rings is 1. The van der Waals surface area contributed by atoms with Crippen molar-refractivity contribution in [2.75, 3.05) is 12.8 Å². The summed E-state index contributed by atoms with van der Waals surface area (Å²) < 4.78 is 4.85. The highest BCUT2D eigenvalue weighted by molar-refractivity contribution is 5.86. The van der Waals surface area contributed by atoms with E-state index in [0.717, 1.165) is 23.1 Å². The molecule has 0 unspecified atom stereocenters. The van der Waals surface area contributed by atoms with E-state index >= 15 is 0 Å². The predicted octanol–water partition coefficient (Wildman–Crippen LogP) is -0.240. The van der Waals surface area contributed by atoms with Crippen molar-refractivity contribution >= 4 is 17.9 Å². The lowest BCUT2D eigenvalue weighted by molar-refractivity contribution is -0.385. The topological polar surface area (TPSA) is 155 Å². The number of methoxy groups -OCH3 is 1. The quantitative estimate of drug-likeness (QED) is 0.441. The highest BCUT2D eigenvalue weighted by atomic mass is 16.6. The molecule has 0 aliphatic carbocycles. The van der Waals surface area contributed by atoms with E-state index in [-0.39, 0.29) is 28.7 Å². The van der Waals surface area contributed by atoms with Gasteiger partial charge in [-0.15, -0.1) is 0 Å². The van der Waals surface area contributed by atoms with Crippen LogP contribution < -0.4 is 10.5 Å². The lowest BCUT2D eigenvalue weighted by Gasteiger charge is -2.05. The number of nitrogen functional groups attached to an aromatic ring is 1. The highest BCUT2D eigenvalue weighted by Gasteiger charge is 2.15. The number of phenolic OH excluding ortho intramolecular Hbond substituents is 1. The summed E-state index contributed by atoms with van der Waals surface area (Å²) in [5.41, 5.74) is 5.20. The lowest BCUT2D eigenvalue weighted by Crippen LogP contribution is -2.00. The Hall–Kier alpha value is -3.24. The zero-order valence-electron chi connectivity index (χ0n) is 10.2. The van der Waals surface area contributed by atoms with Crippen molar-refractivity contribution in [3.8, 4) is 11.5 Å². The minimum Gasteiger partial charge on any atom is -0.504 e. The average Bonchev–Trinajstić information content (AvgIpc) is 2.83. The molecule has 0 aliphatic heterocycles. The van der Waals surface area contributed by atoms with Crippen LogP contribution in [0.5, 0.6) is 11.5 Å². The van der Waals surface area contributed by atoms with E-state index in [1.54, 1.807) is 0 Å². The first-order chi connectivity index (χ1) is 9.52. The van der Waals surface area contributed by atoms with Crippen molar-refractivity contribution in [1.82, 2.24) is 20.3 Å². The molecule has 1 heterocycles. The maximum absolute atomic E-state index is 10.8. The molecule has 20 heavy (non-hydrogen) atoms. The first-order valence-corrected chi connectivity index (χ1v) is 5.16. The van der Waals surface area contributed by atoms with E-state index in [2.05, 4.69) is 20.6 Å². The van der Waals surface area contributed by atoms with Crippen LogP contribution in [0.25, 0.3) is 0 Å². The molecule has 0 spiro atoms. The number of nitrogens with two attached hydrogens (primary N) is 1. The number of aromatic hydroxyl groups is 1. The molecule has 2 aromatic rings. The predicted molar refractivity (Wildman–Crippen MR) is 66.5 cm³/mol. The molecule has 0 amide bonds. The lowest BCUT2D eigenvalue weighted by atomic mass is 10.2. The van der Waals surface area contributed by atoms with E-state index in [9.17, 15) is 15.2 Å². The maximum atomic E-state index is 10.8. The van der Waals surface area contributed by atoms with Gasteiger partial charge < -0.3 is 15.6 Å². The molecule has 11 heteroatoms. The fraction of sp³-hybridized carbons (Fsp3) is 0.111. The Morgan fingerprint density at radius 1 is 1.60 bits per heavy atom. The van der Waals surface area contributed by atoms with Crippen molar-refractivity contribution < 1.29 is 14.8 Å². The summed E-state index contributed by atoms with van der Waals surface area (Å²) in [6.07, 6.45) is 1.12.